The summed E-state index contributed by atoms with van der Waals surface area (Å²) in [7, 11) is 0. The summed E-state index contributed by atoms with van der Waals surface area (Å²) in [6.45, 7) is 0.943. The van der Waals surface area contributed by atoms with Gasteiger partial charge in [0.15, 0.2) is 0 Å². The van der Waals surface area contributed by atoms with E-state index >= 15 is 0 Å². The average Bonchev–Trinajstić information content (AvgIpc) is 3.00. The number of rotatable bonds is 8. The van der Waals surface area contributed by atoms with Crippen LogP contribution in [-0.2, 0) is 22.7 Å². The zero-order chi connectivity index (χ0) is 15.8. The van der Waals surface area contributed by atoms with E-state index in [1.54, 1.807) is 0 Å². The third-order valence-corrected chi connectivity index (χ3v) is 2.92. The van der Waals surface area contributed by atoms with Crippen molar-refractivity contribution in [3.05, 3.63) is 59.5 Å². The first-order valence-corrected chi connectivity index (χ1v) is 6.85. The minimum atomic E-state index is -1.13. The van der Waals surface area contributed by atoms with E-state index in [2.05, 4.69) is 5.32 Å². The monoisotopic (exact) mass is 303 g/mol. The molecule has 0 unspecified atom stereocenters. The maximum Gasteiger partial charge on any atom is 0.371 e. The third kappa shape index (κ3) is 5.06. The average molecular weight is 303 g/mol. The molecule has 0 spiro atoms. The van der Waals surface area contributed by atoms with E-state index in [1.807, 2.05) is 30.3 Å². The Morgan fingerprint density at radius 1 is 1.14 bits per heavy atom. The van der Waals surface area contributed by atoms with Crippen LogP contribution in [0.4, 0.5) is 0 Å². The zero-order valence-corrected chi connectivity index (χ0v) is 12.0. The van der Waals surface area contributed by atoms with Crippen LogP contribution in [0.25, 0.3) is 0 Å². The topological polar surface area (TPSA) is 88.8 Å². The van der Waals surface area contributed by atoms with Gasteiger partial charge in [0.25, 0.3) is 0 Å². The number of benzene rings is 1. The second-order valence-electron chi connectivity index (χ2n) is 4.64. The molecule has 0 aliphatic rings. The van der Waals surface area contributed by atoms with Crippen LogP contribution in [0.1, 0.15) is 28.3 Å². The summed E-state index contributed by atoms with van der Waals surface area (Å²) in [6.07, 6.45) is 0.235. The number of nitrogens with one attached hydrogen (secondary N) is 1. The Bertz CT molecular complexity index is 620. The van der Waals surface area contributed by atoms with Gasteiger partial charge in [-0.2, -0.15) is 0 Å². The highest BCUT2D eigenvalue weighted by Gasteiger charge is 2.09. The van der Waals surface area contributed by atoms with Crippen molar-refractivity contribution >= 4 is 11.9 Å². The van der Waals surface area contributed by atoms with Crippen LogP contribution in [0.5, 0.6) is 0 Å². The first kappa shape index (κ1) is 15.8. The number of carboxylic acid groups (broad SMARTS) is 1. The molecule has 0 bridgehead atoms. The Hall–Kier alpha value is -2.60. The quantitative estimate of drug-likeness (QED) is 0.730. The second-order valence-corrected chi connectivity index (χ2v) is 4.64. The van der Waals surface area contributed by atoms with E-state index in [0.29, 0.717) is 19.0 Å². The normalized spacial score (nSPS) is 10.4. The van der Waals surface area contributed by atoms with Crippen molar-refractivity contribution in [1.29, 1.82) is 0 Å². The number of furan rings is 1. The van der Waals surface area contributed by atoms with E-state index in [0.717, 1.165) is 5.56 Å². The molecule has 0 saturated carbocycles. The van der Waals surface area contributed by atoms with Crippen molar-refractivity contribution < 1.29 is 23.8 Å². The Kier molecular flexibility index (Phi) is 5.73. The van der Waals surface area contributed by atoms with Gasteiger partial charge in [-0.05, 0) is 17.7 Å². The highest BCUT2D eigenvalue weighted by Crippen LogP contribution is 2.07. The van der Waals surface area contributed by atoms with E-state index in [1.165, 1.54) is 12.1 Å². The van der Waals surface area contributed by atoms with Crippen molar-refractivity contribution in [3.63, 3.8) is 0 Å². The van der Waals surface area contributed by atoms with Gasteiger partial charge in [0.05, 0.1) is 19.8 Å². The maximum absolute atomic E-state index is 11.6. The van der Waals surface area contributed by atoms with Gasteiger partial charge >= 0.3 is 5.97 Å². The van der Waals surface area contributed by atoms with Gasteiger partial charge in [-0.15, -0.1) is 0 Å². The van der Waals surface area contributed by atoms with Crippen molar-refractivity contribution in [2.75, 3.05) is 6.61 Å². The lowest BCUT2D eigenvalue weighted by Crippen LogP contribution is -2.23. The maximum atomic E-state index is 11.6. The highest BCUT2D eigenvalue weighted by atomic mass is 16.5. The Balaban J connectivity index is 1.62. The predicted octanol–water partition coefficient (Wildman–Crippen LogP) is 2.20. The van der Waals surface area contributed by atoms with Crippen LogP contribution in [-0.4, -0.2) is 23.6 Å². The first-order chi connectivity index (χ1) is 10.6. The molecule has 1 amide bonds. The molecular weight excluding hydrogens is 286 g/mol. The van der Waals surface area contributed by atoms with Crippen LogP contribution in [0.2, 0.25) is 0 Å². The summed E-state index contributed by atoms with van der Waals surface area (Å²) in [6, 6.07) is 12.6. The van der Waals surface area contributed by atoms with Crippen molar-refractivity contribution in [1.82, 2.24) is 5.32 Å². The van der Waals surface area contributed by atoms with Gasteiger partial charge in [0.1, 0.15) is 5.76 Å². The molecule has 6 nitrogen and oxygen atoms in total. The molecular formula is C16H17NO5. The smallest absolute Gasteiger partial charge is 0.371 e. The molecule has 22 heavy (non-hydrogen) atoms. The molecule has 6 heteroatoms. The fraction of sp³-hybridized carbons (Fsp3) is 0.250. The molecule has 0 saturated heterocycles. The zero-order valence-electron chi connectivity index (χ0n) is 12.0. The summed E-state index contributed by atoms with van der Waals surface area (Å²) in [5.41, 5.74) is 1.06. The molecule has 0 atom stereocenters. The summed E-state index contributed by atoms with van der Waals surface area (Å²) in [5, 5.41) is 11.4. The van der Waals surface area contributed by atoms with Crippen molar-refractivity contribution in [3.8, 4) is 0 Å². The van der Waals surface area contributed by atoms with Gasteiger partial charge in [0, 0.05) is 6.42 Å². The summed E-state index contributed by atoms with van der Waals surface area (Å²) >= 11 is 0. The standard InChI is InChI=1S/C16H17NO5/c18-15(8-9-21-11-12-4-2-1-3-5-12)17-10-13-6-7-14(22-13)16(19)20/h1-7H,8-11H2,(H,17,18)(H,19,20). The van der Waals surface area contributed by atoms with E-state index in [4.69, 9.17) is 14.3 Å². The lowest BCUT2D eigenvalue weighted by atomic mass is 10.2. The Morgan fingerprint density at radius 2 is 1.91 bits per heavy atom. The van der Waals surface area contributed by atoms with E-state index in [9.17, 15) is 9.59 Å². The van der Waals surface area contributed by atoms with Crippen LogP contribution in [0.15, 0.2) is 46.9 Å². The molecule has 1 aromatic heterocycles. The molecule has 2 rings (SSSR count). The van der Waals surface area contributed by atoms with Gasteiger partial charge in [0.2, 0.25) is 11.7 Å². The lowest BCUT2D eigenvalue weighted by Gasteiger charge is -2.05. The van der Waals surface area contributed by atoms with Gasteiger partial charge in [-0.3, -0.25) is 4.79 Å². The second kappa shape index (κ2) is 7.99. The van der Waals surface area contributed by atoms with E-state index in [-0.39, 0.29) is 24.6 Å². The van der Waals surface area contributed by atoms with Gasteiger partial charge in [-0.25, -0.2) is 4.79 Å². The fourth-order valence-electron chi connectivity index (χ4n) is 1.79. The molecule has 1 heterocycles. The minimum Gasteiger partial charge on any atom is -0.475 e. The Labute approximate surface area is 127 Å². The molecule has 2 N–H and O–H groups in total. The van der Waals surface area contributed by atoms with Crippen LogP contribution in [0, 0.1) is 0 Å². The van der Waals surface area contributed by atoms with Crippen LogP contribution in [0.3, 0.4) is 0 Å². The Morgan fingerprint density at radius 3 is 2.59 bits per heavy atom. The molecule has 0 fully saturated rings. The molecule has 2 aromatic rings. The number of hydrogen-bond donors (Lipinski definition) is 2. The number of ether oxygens (including phenoxy) is 1. The number of hydrogen-bond acceptors (Lipinski definition) is 4. The summed E-state index contributed by atoms with van der Waals surface area (Å²) in [5.74, 6) is -1.06. The van der Waals surface area contributed by atoms with Gasteiger partial charge in [-0.1, -0.05) is 30.3 Å². The fourth-order valence-corrected chi connectivity index (χ4v) is 1.79. The van der Waals surface area contributed by atoms with Crippen LogP contribution < -0.4 is 5.32 Å². The molecule has 0 radical (unpaired) electrons. The largest absolute Gasteiger partial charge is 0.475 e. The highest BCUT2D eigenvalue weighted by molar-refractivity contribution is 5.84. The number of carbonyl (C=O) groups excluding carboxylic acids is 1. The summed E-state index contributed by atoms with van der Waals surface area (Å²) in [4.78, 5) is 22.3. The number of aromatic carboxylic acids is 1. The molecule has 0 aliphatic heterocycles. The number of carbonyl (C=O) groups is 2. The van der Waals surface area contributed by atoms with Gasteiger partial charge < -0.3 is 19.6 Å². The van der Waals surface area contributed by atoms with Crippen molar-refractivity contribution in [2.24, 2.45) is 0 Å². The van der Waals surface area contributed by atoms with Crippen molar-refractivity contribution in [2.45, 2.75) is 19.6 Å². The predicted molar refractivity (Wildman–Crippen MR) is 78.2 cm³/mol. The molecule has 0 aliphatic carbocycles. The molecule has 1 aromatic carbocycles. The number of amides is 1. The third-order valence-electron chi connectivity index (χ3n) is 2.92. The SMILES string of the molecule is O=C(CCOCc1ccccc1)NCc1ccc(C(=O)O)o1. The lowest BCUT2D eigenvalue weighted by molar-refractivity contribution is -0.122. The summed E-state index contributed by atoms with van der Waals surface area (Å²) < 4.78 is 10.4. The molecule has 116 valence electrons. The first-order valence-electron chi connectivity index (χ1n) is 6.85. The van der Waals surface area contributed by atoms with E-state index < -0.39 is 5.97 Å². The number of carboxylic acids is 1. The van der Waals surface area contributed by atoms with Crippen LogP contribution >= 0.6 is 0 Å². The minimum absolute atomic E-state index is 0.143.